The molecule has 0 aliphatic carbocycles. The quantitative estimate of drug-likeness (QED) is 0.663. The summed E-state index contributed by atoms with van der Waals surface area (Å²) >= 11 is 0. The van der Waals surface area contributed by atoms with Crippen molar-refractivity contribution in [2.75, 3.05) is 26.9 Å². The number of hydrogen-bond acceptors (Lipinski definition) is 5. The van der Waals surface area contributed by atoms with Crippen LogP contribution in [0.5, 0.6) is 0 Å². The van der Waals surface area contributed by atoms with Gasteiger partial charge >= 0.3 is 0 Å². The maximum absolute atomic E-state index is 10.2. The second-order valence-corrected chi connectivity index (χ2v) is 5.74. The van der Waals surface area contributed by atoms with Crippen molar-refractivity contribution in [3.63, 3.8) is 0 Å². The summed E-state index contributed by atoms with van der Waals surface area (Å²) in [4.78, 5) is 0. The first-order chi connectivity index (χ1) is 10.2. The number of ether oxygens (including phenoxy) is 4. The van der Waals surface area contributed by atoms with E-state index in [9.17, 15) is 5.11 Å². The number of aliphatic hydroxyl groups is 1. The maximum Gasteiger partial charge on any atom is 0.186 e. The van der Waals surface area contributed by atoms with E-state index in [1.54, 1.807) is 7.11 Å². The molecule has 0 saturated carbocycles. The lowest BCUT2D eigenvalue weighted by Crippen LogP contribution is -2.46. The lowest BCUT2D eigenvalue weighted by atomic mass is 9.94. The van der Waals surface area contributed by atoms with Crippen molar-refractivity contribution in [2.24, 2.45) is 5.92 Å². The largest absolute Gasteiger partial charge is 0.390 e. The second-order valence-electron chi connectivity index (χ2n) is 5.74. The van der Waals surface area contributed by atoms with E-state index < -0.39 is 12.4 Å². The fourth-order valence-corrected chi connectivity index (χ4v) is 2.46. The predicted octanol–water partition coefficient (Wildman–Crippen LogP) is 2.36. The summed E-state index contributed by atoms with van der Waals surface area (Å²) < 4.78 is 23.0. The van der Waals surface area contributed by atoms with Gasteiger partial charge in [-0.15, -0.1) is 0 Å². The zero-order valence-corrected chi connectivity index (χ0v) is 13.9. The van der Waals surface area contributed by atoms with E-state index in [-0.39, 0.29) is 24.7 Å². The van der Waals surface area contributed by atoms with Crippen LogP contribution < -0.4 is 0 Å². The molecular formula is C16H32O5. The number of aliphatic hydroxyl groups excluding tert-OH is 1. The number of hydrogen-bond donors (Lipinski definition) is 1. The summed E-state index contributed by atoms with van der Waals surface area (Å²) in [6.07, 6.45) is 2.58. The van der Waals surface area contributed by atoms with Crippen LogP contribution in [0.4, 0.5) is 0 Å². The minimum atomic E-state index is -0.561. The van der Waals surface area contributed by atoms with E-state index >= 15 is 0 Å². The highest BCUT2D eigenvalue weighted by Crippen LogP contribution is 2.27. The Kier molecular flexibility index (Phi) is 9.44. The minimum absolute atomic E-state index is 0.0476. The molecule has 21 heavy (non-hydrogen) atoms. The standard InChI is InChI=1S/C16H32O5/c1-5-7-9-19-14-12(3)13(17)11-21-16(18-4)15(14)20-10-8-6-2/h12-17H,5-11H2,1-4H3/t12-,13-,14?,15?,16+/m1/s1. The normalized spacial score (nSPS) is 33.9. The average molecular weight is 304 g/mol. The molecule has 0 amide bonds. The molecule has 5 atom stereocenters. The van der Waals surface area contributed by atoms with Crippen LogP contribution in [0.1, 0.15) is 46.5 Å². The topological polar surface area (TPSA) is 57.2 Å². The zero-order chi connectivity index (χ0) is 15.7. The molecule has 1 fully saturated rings. The Balaban J connectivity index is 2.76. The lowest BCUT2D eigenvalue weighted by Gasteiger charge is -2.33. The van der Waals surface area contributed by atoms with Gasteiger partial charge in [-0.1, -0.05) is 33.6 Å². The fraction of sp³-hybridized carbons (Fsp3) is 1.00. The van der Waals surface area contributed by atoms with Crippen molar-refractivity contribution in [2.45, 2.75) is 71.1 Å². The van der Waals surface area contributed by atoms with Crippen molar-refractivity contribution in [3.8, 4) is 0 Å². The summed E-state index contributed by atoms with van der Waals surface area (Å²) in [5, 5.41) is 10.2. The average Bonchev–Trinajstić information content (AvgIpc) is 2.60. The van der Waals surface area contributed by atoms with Crippen molar-refractivity contribution < 1.29 is 24.1 Å². The Morgan fingerprint density at radius 2 is 1.62 bits per heavy atom. The molecule has 1 heterocycles. The van der Waals surface area contributed by atoms with Gasteiger partial charge < -0.3 is 24.1 Å². The van der Waals surface area contributed by atoms with E-state index in [0.29, 0.717) is 13.2 Å². The summed E-state index contributed by atoms with van der Waals surface area (Å²) in [6.45, 7) is 7.82. The molecule has 0 aromatic heterocycles. The van der Waals surface area contributed by atoms with Gasteiger partial charge in [-0.2, -0.15) is 0 Å². The maximum atomic E-state index is 10.2. The first-order valence-corrected chi connectivity index (χ1v) is 8.21. The predicted molar refractivity (Wildman–Crippen MR) is 81.2 cm³/mol. The van der Waals surface area contributed by atoms with Gasteiger partial charge in [0, 0.05) is 26.2 Å². The van der Waals surface area contributed by atoms with Gasteiger partial charge in [-0.05, 0) is 12.8 Å². The van der Waals surface area contributed by atoms with Crippen molar-refractivity contribution >= 4 is 0 Å². The highest BCUT2D eigenvalue weighted by molar-refractivity contribution is 4.86. The number of unbranched alkanes of at least 4 members (excludes halogenated alkanes) is 2. The molecular weight excluding hydrogens is 272 g/mol. The van der Waals surface area contributed by atoms with Crippen LogP contribution >= 0.6 is 0 Å². The summed E-state index contributed by atoms with van der Waals surface area (Å²) in [5.41, 5.74) is 0. The van der Waals surface area contributed by atoms with E-state index in [4.69, 9.17) is 18.9 Å². The van der Waals surface area contributed by atoms with Crippen LogP contribution in [0, 0.1) is 5.92 Å². The molecule has 2 unspecified atom stereocenters. The lowest BCUT2D eigenvalue weighted by molar-refractivity contribution is -0.218. The SMILES string of the molecule is CCCCOC1C(OCCCC)[C@H](C)[C@H](O)CO[C@@H]1OC. The van der Waals surface area contributed by atoms with Crippen LogP contribution in [-0.2, 0) is 18.9 Å². The molecule has 126 valence electrons. The van der Waals surface area contributed by atoms with Crippen molar-refractivity contribution in [3.05, 3.63) is 0 Å². The van der Waals surface area contributed by atoms with Crippen molar-refractivity contribution in [1.29, 1.82) is 0 Å². The molecule has 1 N–H and O–H groups in total. The molecule has 1 aliphatic heterocycles. The van der Waals surface area contributed by atoms with Crippen LogP contribution in [0.3, 0.4) is 0 Å². The zero-order valence-electron chi connectivity index (χ0n) is 13.9. The third-order valence-corrected chi connectivity index (χ3v) is 4.00. The second kappa shape index (κ2) is 10.5. The molecule has 1 saturated heterocycles. The molecule has 1 aliphatic rings. The minimum Gasteiger partial charge on any atom is -0.390 e. The van der Waals surface area contributed by atoms with E-state index in [1.165, 1.54) is 0 Å². The Hall–Kier alpha value is -0.200. The van der Waals surface area contributed by atoms with E-state index in [2.05, 4.69) is 13.8 Å². The summed E-state index contributed by atoms with van der Waals surface area (Å²) in [7, 11) is 1.60. The Morgan fingerprint density at radius 1 is 1.05 bits per heavy atom. The fourth-order valence-electron chi connectivity index (χ4n) is 2.46. The first kappa shape index (κ1) is 18.8. The molecule has 0 radical (unpaired) electrons. The van der Waals surface area contributed by atoms with Gasteiger partial charge in [0.2, 0.25) is 0 Å². The molecule has 0 aromatic carbocycles. The van der Waals surface area contributed by atoms with Gasteiger partial charge in [0.15, 0.2) is 6.29 Å². The summed E-state index contributed by atoms with van der Waals surface area (Å²) in [6, 6.07) is 0. The van der Waals surface area contributed by atoms with E-state index in [0.717, 1.165) is 25.7 Å². The van der Waals surface area contributed by atoms with E-state index in [1.807, 2.05) is 6.92 Å². The molecule has 1 rings (SSSR count). The number of rotatable bonds is 9. The molecule has 5 heteroatoms. The third-order valence-electron chi connectivity index (χ3n) is 4.00. The van der Waals surface area contributed by atoms with Crippen LogP contribution in [0.25, 0.3) is 0 Å². The van der Waals surface area contributed by atoms with Gasteiger partial charge in [0.25, 0.3) is 0 Å². The highest BCUT2D eigenvalue weighted by atomic mass is 16.7. The first-order valence-electron chi connectivity index (χ1n) is 8.21. The van der Waals surface area contributed by atoms with Gasteiger partial charge in [-0.25, -0.2) is 0 Å². The molecule has 0 bridgehead atoms. The molecule has 5 nitrogen and oxygen atoms in total. The third kappa shape index (κ3) is 5.83. The monoisotopic (exact) mass is 304 g/mol. The number of methoxy groups -OCH3 is 1. The van der Waals surface area contributed by atoms with Crippen LogP contribution in [0.2, 0.25) is 0 Å². The smallest absolute Gasteiger partial charge is 0.186 e. The molecule has 0 aromatic rings. The van der Waals surface area contributed by atoms with Crippen LogP contribution in [-0.4, -0.2) is 56.6 Å². The van der Waals surface area contributed by atoms with Gasteiger partial charge in [0.1, 0.15) is 6.10 Å². The Bertz CT molecular complexity index is 251. The highest BCUT2D eigenvalue weighted by Gasteiger charge is 2.41. The Labute approximate surface area is 128 Å². The Morgan fingerprint density at radius 3 is 2.14 bits per heavy atom. The van der Waals surface area contributed by atoms with Crippen molar-refractivity contribution in [1.82, 2.24) is 0 Å². The molecule has 0 spiro atoms. The summed E-state index contributed by atoms with van der Waals surface area (Å²) in [5.74, 6) is -0.0476. The van der Waals surface area contributed by atoms with Crippen LogP contribution in [0.15, 0.2) is 0 Å². The van der Waals surface area contributed by atoms with Gasteiger partial charge in [-0.3, -0.25) is 0 Å². The van der Waals surface area contributed by atoms with Gasteiger partial charge in [0.05, 0.1) is 18.8 Å².